The van der Waals surface area contributed by atoms with Crippen LogP contribution in [-0.2, 0) is 7.05 Å². The molecule has 8 heteroatoms. The zero-order valence-corrected chi connectivity index (χ0v) is 16.0. The van der Waals surface area contributed by atoms with Crippen LogP contribution in [-0.4, -0.2) is 39.2 Å². The number of halogens is 1. The van der Waals surface area contributed by atoms with E-state index >= 15 is 0 Å². The van der Waals surface area contributed by atoms with Gasteiger partial charge in [0.2, 0.25) is 5.95 Å². The molecule has 0 radical (unpaired) electrons. The summed E-state index contributed by atoms with van der Waals surface area (Å²) in [6, 6.07) is 9.15. The number of hydrogen-bond acceptors (Lipinski definition) is 6. The summed E-state index contributed by atoms with van der Waals surface area (Å²) >= 11 is 0. The molecule has 29 heavy (non-hydrogen) atoms. The van der Waals surface area contributed by atoms with Crippen molar-refractivity contribution in [3.63, 3.8) is 0 Å². The Hall–Kier alpha value is -3.55. The van der Waals surface area contributed by atoms with Crippen LogP contribution in [0.5, 0.6) is 5.75 Å². The van der Waals surface area contributed by atoms with Gasteiger partial charge in [0, 0.05) is 32.4 Å². The number of benzene rings is 1. The first-order valence-electron chi connectivity index (χ1n) is 9.26. The molecule has 0 unspecified atom stereocenters. The monoisotopic (exact) mass is 393 g/mol. The Morgan fingerprint density at radius 2 is 2.00 bits per heavy atom. The van der Waals surface area contributed by atoms with Crippen LogP contribution in [0.3, 0.4) is 0 Å². The first kappa shape index (κ1) is 18.8. The SMILES string of the molecule is Cn1c(N2CCC=C(COc3ccc(F)cc3)C2)nc(-c2ccncn2)cc1=O. The Morgan fingerprint density at radius 3 is 2.76 bits per heavy atom. The summed E-state index contributed by atoms with van der Waals surface area (Å²) < 4.78 is 20.3. The molecule has 0 aliphatic carbocycles. The van der Waals surface area contributed by atoms with Gasteiger partial charge in [-0.25, -0.2) is 19.3 Å². The third kappa shape index (κ3) is 4.31. The van der Waals surface area contributed by atoms with E-state index in [0.717, 1.165) is 18.5 Å². The quantitative estimate of drug-likeness (QED) is 0.621. The van der Waals surface area contributed by atoms with Gasteiger partial charge in [0.25, 0.3) is 5.56 Å². The molecule has 0 bridgehead atoms. The molecule has 0 spiro atoms. The molecular weight excluding hydrogens is 373 g/mol. The molecule has 0 saturated carbocycles. The van der Waals surface area contributed by atoms with E-state index in [9.17, 15) is 9.18 Å². The van der Waals surface area contributed by atoms with Crippen LogP contribution in [0.2, 0.25) is 0 Å². The number of anilines is 1. The maximum absolute atomic E-state index is 13.0. The van der Waals surface area contributed by atoms with Crippen molar-refractivity contribution in [2.45, 2.75) is 6.42 Å². The molecule has 0 N–H and O–H groups in total. The first-order valence-corrected chi connectivity index (χ1v) is 9.26. The maximum Gasteiger partial charge on any atom is 0.255 e. The van der Waals surface area contributed by atoms with Crippen molar-refractivity contribution in [1.82, 2.24) is 19.5 Å². The number of rotatable bonds is 5. The Balaban J connectivity index is 1.53. The van der Waals surface area contributed by atoms with Gasteiger partial charge in [-0.1, -0.05) is 6.08 Å². The molecule has 4 rings (SSSR count). The van der Waals surface area contributed by atoms with E-state index < -0.39 is 0 Å². The van der Waals surface area contributed by atoms with Crippen molar-refractivity contribution in [2.24, 2.45) is 7.05 Å². The minimum atomic E-state index is -0.295. The van der Waals surface area contributed by atoms with Crippen molar-refractivity contribution in [3.05, 3.63) is 76.7 Å². The summed E-state index contributed by atoms with van der Waals surface area (Å²) in [4.78, 5) is 27.3. The molecular formula is C21H20FN5O2. The van der Waals surface area contributed by atoms with Crippen molar-refractivity contribution in [2.75, 3.05) is 24.6 Å². The van der Waals surface area contributed by atoms with Crippen LogP contribution in [0.25, 0.3) is 11.4 Å². The lowest BCUT2D eigenvalue weighted by molar-refractivity contribution is 0.346. The van der Waals surface area contributed by atoms with Crippen LogP contribution < -0.4 is 15.2 Å². The van der Waals surface area contributed by atoms with Crippen molar-refractivity contribution in [3.8, 4) is 17.1 Å². The molecule has 3 heterocycles. The molecule has 0 saturated heterocycles. The molecule has 1 aromatic carbocycles. The lowest BCUT2D eigenvalue weighted by Crippen LogP contribution is -2.36. The molecule has 0 fully saturated rings. The van der Waals surface area contributed by atoms with E-state index in [2.05, 4.69) is 25.9 Å². The smallest absolute Gasteiger partial charge is 0.255 e. The van der Waals surface area contributed by atoms with Gasteiger partial charge < -0.3 is 9.64 Å². The average Bonchev–Trinajstić information content (AvgIpc) is 2.76. The second-order valence-electron chi connectivity index (χ2n) is 6.75. The minimum absolute atomic E-state index is 0.151. The Kier molecular flexibility index (Phi) is 5.33. The van der Waals surface area contributed by atoms with Crippen LogP contribution in [0.4, 0.5) is 10.3 Å². The third-order valence-corrected chi connectivity index (χ3v) is 4.70. The van der Waals surface area contributed by atoms with E-state index in [1.807, 2.05) is 0 Å². The zero-order valence-electron chi connectivity index (χ0n) is 16.0. The molecule has 2 aromatic heterocycles. The summed E-state index contributed by atoms with van der Waals surface area (Å²) in [5.41, 5.74) is 2.04. The van der Waals surface area contributed by atoms with Gasteiger partial charge >= 0.3 is 0 Å². The summed E-state index contributed by atoms with van der Waals surface area (Å²) in [5, 5.41) is 0. The Morgan fingerprint density at radius 1 is 1.17 bits per heavy atom. The molecule has 0 amide bonds. The van der Waals surface area contributed by atoms with Gasteiger partial charge in [-0.05, 0) is 42.3 Å². The van der Waals surface area contributed by atoms with E-state index in [-0.39, 0.29) is 11.4 Å². The van der Waals surface area contributed by atoms with Gasteiger partial charge in [-0.15, -0.1) is 0 Å². The Labute approximate surface area is 167 Å². The largest absolute Gasteiger partial charge is 0.489 e. The Bertz CT molecular complexity index is 1080. The van der Waals surface area contributed by atoms with Gasteiger partial charge in [0.1, 0.15) is 24.5 Å². The van der Waals surface area contributed by atoms with Crippen molar-refractivity contribution >= 4 is 5.95 Å². The van der Waals surface area contributed by atoms with E-state index in [1.54, 1.807) is 31.4 Å². The molecule has 7 nitrogen and oxygen atoms in total. The second kappa shape index (κ2) is 8.22. The topological polar surface area (TPSA) is 73.1 Å². The van der Waals surface area contributed by atoms with Crippen molar-refractivity contribution in [1.29, 1.82) is 0 Å². The van der Waals surface area contributed by atoms with Gasteiger partial charge in [0.05, 0.1) is 11.4 Å². The summed E-state index contributed by atoms with van der Waals surface area (Å²) in [5.74, 6) is 0.898. The predicted octanol–water partition coefficient (Wildman–Crippen LogP) is 2.59. The standard InChI is InChI=1S/C21H20FN5O2/c1-26-20(28)11-19(18-8-9-23-14-24-18)25-21(26)27-10-2-3-15(12-27)13-29-17-6-4-16(22)5-7-17/h3-9,11,14H,2,10,12-13H2,1H3. The molecule has 1 aliphatic rings. The highest BCUT2D eigenvalue weighted by Gasteiger charge is 2.19. The van der Waals surface area contributed by atoms with E-state index in [1.165, 1.54) is 29.1 Å². The van der Waals surface area contributed by atoms with Crippen LogP contribution >= 0.6 is 0 Å². The second-order valence-corrected chi connectivity index (χ2v) is 6.75. The van der Waals surface area contributed by atoms with Gasteiger partial charge in [0.15, 0.2) is 0 Å². The highest BCUT2D eigenvalue weighted by Crippen LogP contribution is 2.21. The minimum Gasteiger partial charge on any atom is -0.489 e. The van der Waals surface area contributed by atoms with Crippen LogP contribution in [0.15, 0.2) is 65.4 Å². The third-order valence-electron chi connectivity index (χ3n) is 4.70. The molecule has 3 aromatic rings. The number of nitrogens with zero attached hydrogens (tertiary/aromatic N) is 5. The van der Waals surface area contributed by atoms with Gasteiger partial charge in [-0.2, -0.15) is 0 Å². The highest BCUT2D eigenvalue weighted by molar-refractivity contribution is 5.55. The number of aromatic nitrogens is 4. The van der Waals surface area contributed by atoms with Crippen molar-refractivity contribution < 1.29 is 9.13 Å². The molecule has 1 aliphatic heterocycles. The lowest BCUT2D eigenvalue weighted by Gasteiger charge is -2.29. The maximum atomic E-state index is 13.0. The molecule has 148 valence electrons. The van der Waals surface area contributed by atoms with Crippen LogP contribution in [0.1, 0.15) is 6.42 Å². The summed E-state index contributed by atoms with van der Waals surface area (Å²) in [7, 11) is 1.71. The highest BCUT2D eigenvalue weighted by atomic mass is 19.1. The average molecular weight is 393 g/mol. The fraction of sp³-hybridized carbons (Fsp3) is 0.238. The number of hydrogen-bond donors (Lipinski definition) is 0. The van der Waals surface area contributed by atoms with E-state index in [0.29, 0.717) is 36.2 Å². The van der Waals surface area contributed by atoms with Crippen LogP contribution in [0, 0.1) is 5.82 Å². The normalized spacial score (nSPS) is 13.9. The zero-order chi connectivity index (χ0) is 20.2. The van der Waals surface area contributed by atoms with Gasteiger partial charge in [-0.3, -0.25) is 9.36 Å². The molecule has 0 atom stereocenters. The number of ether oxygens (including phenoxy) is 1. The lowest BCUT2D eigenvalue weighted by atomic mass is 10.1. The fourth-order valence-corrected chi connectivity index (χ4v) is 3.18. The summed E-state index contributed by atoms with van der Waals surface area (Å²) in [6.45, 7) is 1.73. The first-order chi connectivity index (χ1) is 14.1. The predicted molar refractivity (Wildman–Crippen MR) is 107 cm³/mol. The van der Waals surface area contributed by atoms with E-state index in [4.69, 9.17) is 4.74 Å². The summed E-state index contributed by atoms with van der Waals surface area (Å²) in [6.07, 6.45) is 6.00. The fourth-order valence-electron chi connectivity index (χ4n) is 3.18.